The van der Waals surface area contributed by atoms with Crippen LogP contribution in [-0.4, -0.2) is 10.5 Å². The van der Waals surface area contributed by atoms with E-state index in [-0.39, 0.29) is 12.0 Å². The summed E-state index contributed by atoms with van der Waals surface area (Å²) in [5, 5.41) is 1.27. The number of allylic oxidation sites excluding steroid dienone is 2. The first-order valence-electron chi connectivity index (χ1n) is 9.84. The largest absolute Gasteiger partial charge is 0.350 e. The number of benzene rings is 2. The van der Waals surface area contributed by atoms with E-state index in [1.165, 1.54) is 16.5 Å². The predicted molar refractivity (Wildman–Crippen MR) is 107 cm³/mol. The summed E-state index contributed by atoms with van der Waals surface area (Å²) < 4.78 is 2.20. The maximum Gasteiger partial charge on any atom is 0.231 e. The second-order valence-electron chi connectivity index (χ2n) is 8.25. The van der Waals surface area contributed by atoms with Gasteiger partial charge in [-0.1, -0.05) is 48.6 Å². The number of aryl methyl sites for hydroxylation is 1. The zero-order valence-corrected chi connectivity index (χ0v) is 15.3. The molecule has 27 heavy (non-hydrogen) atoms. The van der Waals surface area contributed by atoms with E-state index in [1.807, 2.05) is 18.2 Å². The van der Waals surface area contributed by atoms with E-state index in [9.17, 15) is 4.79 Å². The highest BCUT2D eigenvalue weighted by Crippen LogP contribution is 2.60. The standard InChI is InChI=1S/C24H22N2O/c1-25-14-19(18-9-5-6-10-20(18)25)23-21-15-11-12-16(13-15)22(21)24(27)26(23)17-7-3-2-4-8-17/h2-12,14-16,21-23H,13H2,1H3/t15-,16+,21-,22+,23+/m0/s1. The molecule has 2 bridgehead atoms. The molecule has 1 amide bonds. The molecule has 3 nitrogen and oxygen atoms in total. The Balaban J connectivity index is 1.59. The molecule has 5 atom stereocenters. The van der Waals surface area contributed by atoms with E-state index in [0.717, 1.165) is 12.1 Å². The molecule has 0 unspecified atom stereocenters. The summed E-state index contributed by atoms with van der Waals surface area (Å²) in [6, 6.07) is 18.9. The molecular weight excluding hydrogens is 332 g/mol. The first-order valence-corrected chi connectivity index (χ1v) is 9.84. The summed E-state index contributed by atoms with van der Waals surface area (Å²) in [5.41, 5.74) is 3.54. The van der Waals surface area contributed by atoms with Gasteiger partial charge < -0.3 is 9.47 Å². The Kier molecular flexibility index (Phi) is 3.03. The van der Waals surface area contributed by atoms with Crippen molar-refractivity contribution in [2.24, 2.45) is 30.7 Å². The molecule has 2 aromatic carbocycles. The van der Waals surface area contributed by atoms with E-state index in [2.05, 4.69) is 71.3 Å². The van der Waals surface area contributed by atoms with Gasteiger partial charge in [0, 0.05) is 41.3 Å². The Labute approximate surface area is 158 Å². The molecule has 3 aromatic rings. The normalized spacial score (nSPS) is 31.2. The fraction of sp³-hybridized carbons (Fsp3) is 0.292. The molecule has 1 saturated carbocycles. The van der Waals surface area contributed by atoms with Gasteiger partial charge in [-0.2, -0.15) is 0 Å². The second kappa shape index (κ2) is 5.35. The number of hydrogen-bond donors (Lipinski definition) is 0. The number of anilines is 1. The molecular formula is C24H22N2O. The van der Waals surface area contributed by atoms with Crippen LogP contribution in [0.25, 0.3) is 10.9 Å². The van der Waals surface area contributed by atoms with Gasteiger partial charge in [0.05, 0.1) is 12.0 Å². The maximum atomic E-state index is 13.6. The molecule has 1 aliphatic heterocycles. The fourth-order valence-electron chi connectivity index (χ4n) is 5.94. The lowest BCUT2D eigenvalue weighted by atomic mass is 9.79. The van der Waals surface area contributed by atoms with Crippen molar-refractivity contribution in [3.8, 4) is 0 Å². The highest BCUT2D eigenvalue weighted by atomic mass is 16.2. The molecule has 1 saturated heterocycles. The van der Waals surface area contributed by atoms with Crippen LogP contribution < -0.4 is 4.90 Å². The number of para-hydroxylation sites is 2. The summed E-state index contributed by atoms with van der Waals surface area (Å²) in [5.74, 6) is 1.74. The molecule has 0 radical (unpaired) electrons. The van der Waals surface area contributed by atoms with E-state index >= 15 is 0 Å². The summed E-state index contributed by atoms with van der Waals surface area (Å²) >= 11 is 0. The van der Waals surface area contributed by atoms with Crippen molar-refractivity contribution in [2.45, 2.75) is 12.5 Å². The van der Waals surface area contributed by atoms with Gasteiger partial charge in [-0.05, 0) is 36.5 Å². The van der Waals surface area contributed by atoms with Gasteiger partial charge in [0.2, 0.25) is 5.91 Å². The van der Waals surface area contributed by atoms with Crippen molar-refractivity contribution in [1.82, 2.24) is 4.57 Å². The Morgan fingerprint density at radius 3 is 2.52 bits per heavy atom. The highest BCUT2D eigenvalue weighted by Gasteiger charge is 2.60. The van der Waals surface area contributed by atoms with Crippen LogP contribution in [0.4, 0.5) is 5.69 Å². The smallest absolute Gasteiger partial charge is 0.231 e. The van der Waals surface area contributed by atoms with Gasteiger partial charge in [-0.3, -0.25) is 4.79 Å². The minimum Gasteiger partial charge on any atom is -0.350 e. The summed E-state index contributed by atoms with van der Waals surface area (Å²) in [6.07, 6.45) is 8.05. The predicted octanol–water partition coefficient (Wildman–Crippen LogP) is 4.70. The number of amides is 1. The SMILES string of the molecule is Cn1cc([C@@H]2[C@@H]3[C@H](C(=O)N2c2ccccc2)[C@@H]2C=C[C@H]3C2)c2ccccc21. The van der Waals surface area contributed by atoms with E-state index in [4.69, 9.17) is 0 Å². The van der Waals surface area contributed by atoms with Gasteiger partial charge in [-0.25, -0.2) is 0 Å². The molecule has 2 fully saturated rings. The Hall–Kier alpha value is -2.81. The molecule has 6 rings (SSSR count). The molecule has 2 heterocycles. The van der Waals surface area contributed by atoms with Crippen molar-refractivity contribution in [2.75, 3.05) is 4.90 Å². The van der Waals surface area contributed by atoms with Crippen molar-refractivity contribution >= 4 is 22.5 Å². The average molecular weight is 354 g/mol. The van der Waals surface area contributed by atoms with Crippen LogP contribution in [0.15, 0.2) is 72.9 Å². The third kappa shape index (κ3) is 1.94. The molecule has 2 aliphatic carbocycles. The summed E-state index contributed by atoms with van der Waals surface area (Å²) in [4.78, 5) is 15.7. The van der Waals surface area contributed by atoms with E-state index in [1.54, 1.807) is 0 Å². The molecule has 3 aliphatic rings. The second-order valence-corrected chi connectivity index (χ2v) is 8.25. The minimum absolute atomic E-state index is 0.107. The number of hydrogen-bond acceptors (Lipinski definition) is 1. The van der Waals surface area contributed by atoms with Crippen molar-refractivity contribution < 1.29 is 4.79 Å². The lowest BCUT2D eigenvalue weighted by molar-refractivity contribution is -0.121. The minimum atomic E-state index is 0.107. The number of nitrogens with zero attached hydrogens (tertiary/aromatic N) is 2. The van der Waals surface area contributed by atoms with Crippen molar-refractivity contribution in [3.05, 3.63) is 78.5 Å². The quantitative estimate of drug-likeness (QED) is 0.612. The number of fused-ring (bicyclic) bond motifs is 6. The van der Waals surface area contributed by atoms with Crippen molar-refractivity contribution in [1.29, 1.82) is 0 Å². The number of aromatic nitrogens is 1. The van der Waals surface area contributed by atoms with E-state index in [0.29, 0.717) is 23.7 Å². The highest BCUT2D eigenvalue weighted by molar-refractivity contribution is 6.01. The fourth-order valence-corrected chi connectivity index (χ4v) is 5.94. The van der Waals surface area contributed by atoms with Crippen molar-refractivity contribution in [3.63, 3.8) is 0 Å². The topological polar surface area (TPSA) is 25.2 Å². The lowest BCUT2D eigenvalue weighted by Crippen LogP contribution is -2.31. The van der Waals surface area contributed by atoms with Crippen LogP contribution in [-0.2, 0) is 11.8 Å². The number of carbonyl (C=O) groups is 1. The van der Waals surface area contributed by atoms with Crippen LogP contribution >= 0.6 is 0 Å². The Morgan fingerprint density at radius 1 is 0.926 bits per heavy atom. The number of rotatable bonds is 2. The first kappa shape index (κ1) is 15.3. The molecule has 134 valence electrons. The van der Waals surface area contributed by atoms with Crippen LogP contribution in [0, 0.1) is 23.7 Å². The molecule has 3 heteroatoms. The molecule has 0 spiro atoms. The zero-order valence-electron chi connectivity index (χ0n) is 15.3. The van der Waals surface area contributed by atoms with E-state index < -0.39 is 0 Å². The van der Waals surface area contributed by atoms with Crippen LogP contribution in [0.2, 0.25) is 0 Å². The average Bonchev–Trinajstić information content (AvgIpc) is 3.45. The lowest BCUT2D eigenvalue weighted by Gasteiger charge is -2.30. The zero-order chi connectivity index (χ0) is 18.1. The molecule has 1 aromatic heterocycles. The monoisotopic (exact) mass is 354 g/mol. The van der Waals surface area contributed by atoms with Crippen LogP contribution in [0.3, 0.4) is 0 Å². The van der Waals surface area contributed by atoms with Gasteiger partial charge >= 0.3 is 0 Å². The maximum absolute atomic E-state index is 13.6. The summed E-state index contributed by atoms with van der Waals surface area (Å²) in [7, 11) is 2.10. The molecule has 0 N–H and O–H groups in total. The van der Waals surface area contributed by atoms with Crippen LogP contribution in [0.5, 0.6) is 0 Å². The summed E-state index contributed by atoms with van der Waals surface area (Å²) in [6.45, 7) is 0. The van der Waals surface area contributed by atoms with Gasteiger partial charge in [0.15, 0.2) is 0 Å². The Bertz CT molecular complexity index is 1080. The first-order chi connectivity index (χ1) is 13.2. The van der Waals surface area contributed by atoms with Crippen LogP contribution in [0.1, 0.15) is 18.0 Å². The third-order valence-corrected chi connectivity index (χ3v) is 6.97. The number of carbonyl (C=O) groups excluding carboxylic acids is 1. The third-order valence-electron chi connectivity index (χ3n) is 6.97. The van der Waals surface area contributed by atoms with Gasteiger partial charge in [-0.15, -0.1) is 0 Å². The van der Waals surface area contributed by atoms with Gasteiger partial charge in [0.1, 0.15) is 0 Å². The van der Waals surface area contributed by atoms with Gasteiger partial charge in [0.25, 0.3) is 0 Å². The Morgan fingerprint density at radius 2 is 1.67 bits per heavy atom.